The largest absolute Gasteiger partial charge is 0.379 e. The van der Waals surface area contributed by atoms with Crippen molar-refractivity contribution in [1.29, 1.82) is 0 Å². The molecule has 1 atom stereocenters. The van der Waals surface area contributed by atoms with Gasteiger partial charge in [-0.05, 0) is 67.1 Å². The lowest BCUT2D eigenvalue weighted by Gasteiger charge is -2.36. The molecule has 1 saturated heterocycles. The number of amides is 1. The van der Waals surface area contributed by atoms with Crippen LogP contribution >= 0.6 is 0 Å². The van der Waals surface area contributed by atoms with Crippen LogP contribution in [0.25, 0.3) is 0 Å². The van der Waals surface area contributed by atoms with Gasteiger partial charge in [0, 0.05) is 44.5 Å². The van der Waals surface area contributed by atoms with Gasteiger partial charge < -0.3 is 15.0 Å². The predicted octanol–water partition coefficient (Wildman–Crippen LogP) is 3.49. The molecule has 0 radical (unpaired) electrons. The van der Waals surface area contributed by atoms with Crippen LogP contribution in [0, 0.1) is 13.8 Å². The molecule has 0 bridgehead atoms. The molecule has 0 spiro atoms. The average Bonchev–Trinajstić information content (AvgIpc) is 2.76. The standard InChI is InChI=1S/C25H33N3O2/c1-18-6-7-22(15-19(18)2)25(29)26-17-24(28-11-13-30-14-12-28)21-8-9-23-20(16-21)5-4-10-27(23)3/h6-9,15-16,24H,4-5,10-14,17H2,1-3H3,(H,26,29)/t24-/m1/s1. The van der Waals surface area contributed by atoms with Crippen LogP contribution in [0.4, 0.5) is 5.69 Å². The SMILES string of the molecule is Cc1ccc(C(=O)NC[C@H](c2ccc3c(c2)CCCN3C)N2CCOCC2)cc1C. The number of carbonyl (C=O) groups is 1. The Bertz CT molecular complexity index is 905. The van der Waals surface area contributed by atoms with E-state index in [9.17, 15) is 4.79 Å². The Hall–Kier alpha value is -2.37. The molecule has 5 nitrogen and oxygen atoms in total. The zero-order valence-corrected chi connectivity index (χ0v) is 18.4. The molecule has 0 aliphatic carbocycles. The topological polar surface area (TPSA) is 44.8 Å². The van der Waals surface area contributed by atoms with E-state index in [4.69, 9.17) is 4.74 Å². The molecule has 1 amide bonds. The van der Waals surface area contributed by atoms with Crippen molar-refractivity contribution < 1.29 is 9.53 Å². The monoisotopic (exact) mass is 407 g/mol. The fourth-order valence-electron chi connectivity index (χ4n) is 4.53. The zero-order chi connectivity index (χ0) is 21.1. The minimum Gasteiger partial charge on any atom is -0.379 e. The van der Waals surface area contributed by atoms with Crippen molar-refractivity contribution >= 4 is 11.6 Å². The molecule has 2 aromatic rings. The first-order valence-electron chi connectivity index (χ1n) is 11.0. The maximum absolute atomic E-state index is 12.8. The van der Waals surface area contributed by atoms with E-state index < -0.39 is 0 Å². The number of nitrogens with zero attached hydrogens (tertiary/aromatic N) is 2. The quantitative estimate of drug-likeness (QED) is 0.824. The van der Waals surface area contributed by atoms with Gasteiger partial charge in [0.15, 0.2) is 0 Å². The Balaban J connectivity index is 1.54. The summed E-state index contributed by atoms with van der Waals surface area (Å²) in [5, 5.41) is 3.20. The van der Waals surface area contributed by atoms with Gasteiger partial charge in [-0.15, -0.1) is 0 Å². The second-order valence-electron chi connectivity index (χ2n) is 8.59. The van der Waals surface area contributed by atoms with E-state index in [-0.39, 0.29) is 11.9 Å². The number of fused-ring (bicyclic) bond motifs is 1. The first-order chi connectivity index (χ1) is 14.5. The van der Waals surface area contributed by atoms with Gasteiger partial charge in [0.05, 0.1) is 19.3 Å². The van der Waals surface area contributed by atoms with Gasteiger partial charge in [-0.1, -0.05) is 18.2 Å². The van der Waals surface area contributed by atoms with Gasteiger partial charge in [0.1, 0.15) is 0 Å². The number of anilines is 1. The lowest BCUT2D eigenvalue weighted by Crippen LogP contribution is -2.44. The van der Waals surface area contributed by atoms with Crippen molar-refractivity contribution in [2.24, 2.45) is 0 Å². The van der Waals surface area contributed by atoms with Gasteiger partial charge in [0.25, 0.3) is 5.91 Å². The third kappa shape index (κ3) is 4.52. The summed E-state index contributed by atoms with van der Waals surface area (Å²) in [5.41, 5.74) is 7.12. The second-order valence-corrected chi connectivity index (χ2v) is 8.59. The molecule has 2 aliphatic rings. The summed E-state index contributed by atoms with van der Waals surface area (Å²) in [5.74, 6) is -0.00551. The number of hydrogen-bond acceptors (Lipinski definition) is 4. The Morgan fingerprint density at radius 2 is 1.87 bits per heavy atom. The van der Waals surface area contributed by atoms with Crippen LogP contribution in [0.3, 0.4) is 0 Å². The summed E-state index contributed by atoms with van der Waals surface area (Å²) in [6.45, 7) is 9.10. The van der Waals surface area contributed by atoms with Crippen LogP contribution in [-0.4, -0.2) is 57.2 Å². The number of ether oxygens (including phenoxy) is 1. The highest BCUT2D eigenvalue weighted by atomic mass is 16.5. The van der Waals surface area contributed by atoms with Gasteiger partial charge >= 0.3 is 0 Å². The van der Waals surface area contributed by atoms with Crippen molar-refractivity contribution in [2.45, 2.75) is 32.7 Å². The molecular formula is C25H33N3O2. The number of aryl methyl sites for hydroxylation is 3. The first-order valence-corrected chi connectivity index (χ1v) is 11.0. The second kappa shape index (κ2) is 9.19. The fraction of sp³-hybridized carbons (Fsp3) is 0.480. The summed E-state index contributed by atoms with van der Waals surface area (Å²) in [4.78, 5) is 17.6. The van der Waals surface area contributed by atoms with E-state index in [2.05, 4.69) is 47.3 Å². The molecular weight excluding hydrogens is 374 g/mol. The number of morpholine rings is 1. The maximum Gasteiger partial charge on any atom is 0.251 e. The normalized spacial score (nSPS) is 18.0. The minimum atomic E-state index is -0.00551. The molecule has 1 fully saturated rings. The molecule has 5 heteroatoms. The smallest absolute Gasteiger partial charge is 0.251 e. The molecule has 1 N–H and O–H groups in total. The third-order valence-electron chi connectivity index (χ3n) is 6.55. The summed E-state index contributed by atoms with van der Waals surface area (Å²) in [6, 6.07) is 12.9. The van der Waals surface area contributed by atoms with Crippen molar-refractivity contribution in [1.82, 2.24) is 10.2 Å². The number of carbonyl (C=O) groups excluding carboxylic acids is 1. The molecule has 2 aliphatic heterocycles. The van der Waals surface area contributed by atoms with Gasteiger partial charge in [0.2, 0.25) is 0 Å². The Morgan fingerprint density at radius 3 is 2.63 bits per heavy atom. The number of hydrogen-bond donors (Lipinski definition) is 1. The highest BCUT2D eigenvalue weighted by Crippen LogP contribution is 2.31. The van der Waals surface area contributed by atoms with E-state index in [0.29, 0.717) is 6.54 Å². The van der Waals surface area contributed by atoms with E-state index in [0.717, 1.165) is 50.4 Å². The highest BCUT2D eigenvalue weighted by molar-refractivity contribution is 5.94. The summed E-state index contributed by atoms with van der Waals surface area (Å²) < 4.78 is 5.57. The lowest BCUT2D eigenvalue weighted by atomic mass is 9.95. The highest BCUT2D eigenvalue weighted by Gasteiger charge is 2.25. The van der Waals surface area contributed by atoms with E-state index in [1.807, 2.05) is 25.1 Å². The summed E-state index contributed by atoms with van der Waals surface area (Å²) in [6.07, 6.45) is 2.32. The van der Waals surface area contributed by atoms with Crippen LogP contribution in [0.1, 0.15) is 45.1 Å². The van der Waals surface area contributed by atoms with Crippen molar-refractivity contribution in [2.75, 3.05) is 51.3 Å². The Morgan fingerprint density at radius 1 is 1.07 bits per heavy atom. The van der Waals surface area contributed by atoms with Crippen LogP contribution in [0.15, 0.2) is 36.4 Å². The molecule has 0 saturated carbocycles. The molecule has 4 rings (SSSR count). The summed E-state index contributed by atoms with van der Waals surface area (Å²) >= 11 is 0. The van der Waals surface area contributed by atoms with E-state index in [1.54, 1.807) is 0 Å². The first kappa shape index (κ1) is 20.9. The molecule has 0 unspecified atom stereocenters. The minimum absolute atomic E-state index is 0.00551. The molecule has 30 heavy (non-hydrogen) atoms. The Kier molecular flexibility index (Phi) is 6.40. The zero-order valence-electron chi connectivity index (χ0n) is 18.4. The summed E-state index contributed by atoms with van der Waals surface area (Å²) in [7, 11) is 2.17. The number of nitrogens with one attached hydrogen (secondary N) is 1. The molecule has 0 aromatic heterocycles. The Labute approximate surface area is 180 Å². The van der Waals surface area contributed by atoms with Gasteiger partial charge in [-0.2, -0.15) is 0 Å². The predicted molar refractivity (Wildman–Crippen MR) is 121 cm³/mol. The molecule has 2 heterocycles. The van der Waals surface area contributed by atoms with Crippen molar-refractivity contribution in [3.05, 3.63) is 64.2 Å². The number of rotatable bonds is 5. The van der Waals surface area contributed by atoms with Gasteiger partial charge in [-0.3, -0.25) is 9.69 Å². The van der Waals surface area contributed by atoms with Crippen LogP contribution < -0.4 is 10.2 Å². The van der Waals surface area contributed by atoms with Gasteiger partial charge in [-0.25, -0.2) is 0 Å². The van der Waals surface area contributed by atoms with Crippen molar-refractivity contribution in [3.8, 4) is 0 Å². The number of benzene rings is 2. The maximum atomic E-state index is 12.8. The fourth-order valence-corrected chi connectivity index (χ4v) is 4.53. The van der Waals surface area contributed by atoms with E-state index >= 15 is 0 Å². The van der Waals surface area contributed by atoms with Crippen LogP contribution in [0.2, 0.25) is 0 Å². The van der Waals surface area contributed by atoms with E-state index in [1.165, 1.54) is 28.8 Å². The van der Waals surface area contributed by atoms with Crippen LogP contribution in [-0.2, 0) is 11.2 Å². The molecule has 160 valence electrons. The van der Waals surface area contributed by atoms with Crippen LogP contribution in [0.5, 0.6) is 0 Å². The third-order valence-corrected chi connectivity index (χ3v) is 6.55. The molecule has 2 aromatic carbocycles. The average molecular weight is 408 g/mol. The van der Waals surface area contributed by atoms with Crippen molar-refractivity contribution in [3.63, 3.8) is 0 Å². The lowest BCUT2D eigenvalue weighted by molar-refractivity contribution is 0.0162.